The molecule has 1 aromatic carbocycles. The molecule has 0 fully saturated rings. The molecular weight excluding hydrogens is 200 g/mol. The molecular formula is C10H10O3S. The third kappa shape index (κ3) is 1.46. The van der Waals surface area contributed by atoms with Crippen molar-refractivity contribution in [1.29, 1.82) is 0 Å². The van der Waals surface area contributed by atoms with E-state index < -0.39 is 16.0 Å². The third-order valence-electron chi connectivity index (χ3n) is 2.24. The topological polar surface area (TPSA) is 43.4 Å². The number of para-hydroxylation sites is 1. The van der Waals surface area contributed by atoms with Crippen molar-refractivity contribution < 1.29 is 13.7 Å². The molecule has 2 unspecified atom stereocenters. The number of carbonyl (C=O) groups excluding carboxylic acids is 1. The van der Waals surface area contributed by atoms with E-state index in [-0.39, 0.29) is 12.4 Å². The van der Waals surface area contributed by atoms with E-state index in [0.717, 1.165) is 0 Å². The van der Waals surface area contributed by atoms with Crippen LogP contribution in [-0.4, -0.2) is 28.1 Å². The lowest BCUT2D eigenvalue weighted by Crippen LogP contribution is -2.35. The van der Waals surface area contributed by atoms with E-state index in [9.17, 15) is 9.00 Å². The summed E-state index contributed by atoms with van der Waals surface area (Å²) >= 11 is 0. The van der Waals surface area contributed by atoms with Crippen LogP contribution in [0.5, 0.6) is 5.75 Å². The number of hydrogen-bond donors (Lipinski definition) is 0. The quantitative estimate of drug-likeness (QED) is 0.694. The molecule has 4 heteroatoms. The zero-order valence-corrected chi connectivity index (χ0v) is 8.54. The molecule has 1 aliphatic heterocycles. The molecule has 3 nitrogen and oxygen atoms in total. The van der Waals surface area contributed by atoms with Crippen LogP contribution in [0, 0.1) is 0 Å². The molecule has 0 aliphatic carbocycles. The number of Topliss-reactive ketones (excluding diaryl/α,β-unsaturated/α-hetero) is 1. The average molecular weight is 210 g/mol. The Bertz CT molecular complexity index is 400. The normalized spacial score (nSPS) is 22.4. The molecule has 0 N–H and O–H groups in total. The monoisotopic (exact) mass is 210 g/mol. The van der Waals surface area contributed by atoms with Gasteiger partial charge >= 0.3 is 0 Å². The van der Waals surface area contributed by atoms with Crippen molar-refractivity contribution in [2.45, 2.75) is 5.25 Å². The summed E-state index contributed by atoms with van der Waals surface area (Å²) in [5.74, 6) is 0.520. The average Bonchev–Trinajstić information content (AvgIpc) is 2.18. The first kappa shape index (κ1) is 9.40. The van der Waals surface area contributed by atoms with Crippen LogP contribution in [0.3, 0.4) is 0 Å². The Hall–Kier alpha value is -1.16. The van der Waals surface area contributed by atoms with Gasteiger partial charge in [-0.3, -0.25) is 9.00 Å². The molecule has 0 amide bonds. The summed E-state index contributed by atoms with van der Waals surface area (Å²) in [6, 6.07) is 7.05. The van der Waals surface area contributed by atoms with Gasteiger partial charge < -0.3 is 4.74 Å². The highest BCUT2D eigenvalue weighted by Crippen LogP contribution is 2.25. The van der Waals surface area contributed by atoms with E-state index in [0.29, 0.717) is 11.3 Å². The molecule has 1 heterocycles. The Balaban J connectivity index is 2.41. The summed E-state index contributed by atoms with van der Waals surface area (Å²) < 4.78 is 16.6. The maximum absolute atomic E-state index is 11.8. The van der Waals surface area contributed by atoms with Crippen LogP contribution in [-0.2, 0) is 10.8 Å². The lowest BCUT2D eigenvalue weighted by molar-refractivity contribution is 0.0941. The van der Waals surface area contributed by atoms with Gasteiger partial charge in [-0.15, -0.1) is 0 Å². The Morgan fingerprint density at radius 3 is 2.86 bits per heavy atom. The molecule has 74 valence electrons. The summed E-state index contributed by atoms with van der Waals surface area (Å²) in [6.07, 6.45) is 1.53. The fraction of sp³-hybridized carbons (Fsp3) is 0.300. The molecule has 0 bridgehead atoms. The van der Waals surface area contributed by atoms with Crippen molar-refractivity contribution in [3.8, 4) is 5.75 Å². The minimum atomic E-state index is -1.16. The van der Waals surface area contributed by atoms with E-state index in [2.05, 4.69) is 0 Å². The van der Waals surface area contributed by atoms with Gasteiger partial charge in [0.05, 0.1) is 5.56 Å². The fourth-order valence-corrected chi connectivity index (χ4v) is 2.15. The Kier molecular flexibility index (Phi) is 2.37. The molecule has 1 aliphatic rings. The van der Waals surface area contributed by atoms with Gasteiger partial charge in [-0.25, -0.2) is 0 Å². The molecule has 0 aromatic heterocycles. The molecule has 2 atom stereocenters. The Morgan fingerprint density at radius 2 is 2.14 bits per heavy atom. The maximum Gasteiger partial charge on any atom is 0.185 e. The van der Waals surface area contributed by atoms with Gasteiger partial charge in [-0.2, -0.15) is 0 Å². The van der Waals surface area contributed by atoms with Crippen molar-refractivity contribution in [2.24, 2.45) is 0 Å². The first-order valence-corrected chi connectivity index (χ1v) is 5.90. The summed E-state index contributed by atoms with van der Waals surface area (Å²) in [5, 5.41) is -0.509. The smallest absolute Gasteiger partial charge is 0.185 e. The number of rotatable bonds is 1. The van der Waals surface area contributed by atoms with Crippen molar-refractivity contribution in [2.75, 3.05) is 12.9 Å². The van der Waals surface area contributed by atoms with Crippen LogP contribution in [0.25, 0.3) is 0 Å². The lowest BCUT2D eigenvalue weighted by atomic mass is 10.1. The van der Waals surface area contributed by atoms with Gasteiger partial charge in [0.1, 0.15) is 17.6 Å². The number of carbonyl (C=O) groups is 1. The number of ketones is 1. The number of fused-ring (bicyclic) bond motifs is 1. The van der Waals surface area contributed by atoms with Crippen molar-refractivity contribution in [3.05, 3.63) is 29.8 Å². The van der Waals surface area contributed by atoms with Crippen LogP contribution < -0.4 is 4.74 Å². The van der Waals surface area contributed by atoms with Crippen LogP contribution in [0.1, 0.15) is 10.4 Å². The molecule has 0 spiro atoms. The minimum Gasteiger partial charge on any atom is -0.491 e. The van der Waals surface area contributed by atoms with Gasteiger partial charge in [-0.05, 0) is 12.1 Å². The zero-order chi connectivity index (χ0) is 10.1. The number of ether oxygens (including phenoxy) is 1. The molecule has 1 aromatic rings. The van der Waals surface area contributed by atoms with E-state index in [1.54, 1.807) is 18.2 Å². The fourth-order valence-electron chi connectivity index (χ4n) is 1.46. The second kappa shape index (κ2) is 3.53. The molecule has 0 radical (unpaired) electrons. The highest BCUT2D eigenvalue weighted by atomic mass is 32.2. The molecule has 2 rings (SSSR count). The standard InChI is InChI=1S/C10H10O3S/c1-14(12)9-6-13-8-5-3-2-4-7(8)10(9)11/h2-5,9H,6H2,1H3. The Labute approximate surface area is 84.5 Å². The summed E-state index contributed by atoms with van der Waals surface area (Å²) in [6.45, 7) is 0.221. The van der Waals surface area contributed by atoms with Crippen molar-refractivity contribution >= 4 is 16.6 Å². The number of hydrogen-bond acceptors (Lipinski definition) is 3. The summed E-state index contributed by atoms with van der Waals surface area (Å²) in [5.41, 5.74) is 0.541. The van der Waals surface area contributed by atoms with Gasteiger partial charge in [0.2, 0.25) is 0 Å². The van der Waals surface area contributed by atoms with Gasteiger partial charge in [0, 0.05) is 17.1 Å². The first-order chi connectivity index (χ1) is 6.70. The summed E-state index contributed by atoms with van der Waals surface area (Å²) in [7, 11) is -1.16. The lowest BCUT2D eigenvalue weighted by Gasteiger charge is -2.22. The predicted octanol–water partition coefficient (Wildman–Crippen LogP) is 1.01. The van der Waals surface area contributed by atoms with Gasteiger partial charge in [0.15, 0.2) is 5.78 Å². The highest BCUT2D eigenvalue weighted by molar-refractivity contribution is 7.85. The largest absolute Gasteiger partial charge is 0.491 e. The second-order valence-corrected chi connectivity index (χ2v) is 4.72. The van der Waals surface area contributed by atoms with E-state index >= 15 is 0 Å². The SMILES string of the molecule is CS(=O)C1COc2ccccc2C1=O. The van der Waals surface area contributed by atoms with E-state index in [4.69, 9.17) is 4.74 Å². The van der Waals surface area contributed by atoms with Crippen LogP contribution in [0.15, 0.2) is 24.3 Å². The highest BCUT2D eigenvalue weighted by Gasteiger charge is 2.30. The van der Waals surface area contributed by atoms with E-state index in [1.807, 2.05) is 6.07 Å². The van der Waals surface area contributed by atoms with Gasteiger partial charge in [-0.1, -0.05) is 12.1 Å². The maximum atomic E-state index is 11.8. The third-order valence-corrected chi connectivity index (χ3v) is 3.39. The first-order valence-electron chi connectivity index (χ1n) is 4.28. The Morgan fingerprint density at radius 1 is 1.43 bits per heavy atom. The molecule has 0 saturated carbocycles. The zero-order valence-electron chi connectivity index (χ0n) is 7.73. The van der Waals surface area contributed by atoms with Crippen LogP contribution >= 0.6 is 0 Å². The van der Waals surface area contributed by atoms with Gasteiger partial charge in [0.25, 0.3) is 0 Å². The van der Waals surface area contributed by atoms with E-state index in [1.165, 1.54) is 6.26 Å². The van der Waals surface area contributed by atoms with Crippen LogP contribution in [0.4, 0.5) is 0 Å². The predicted molar refractivity (Wildman–Crippen MR) is 54.1 cm³/mol. The second-order valence-electron chi connectivity index (χ2n) is 3.16. The summed E-state index contributed by atoms with van der Waals surface area (Å²) in [4.78, 5) is 11.8. The molecule has 0 saturated heterocycles. The minimum absolute atomic E-state index is 0.0762. The van der Waals surface area contributed by atoms with Crippen molar-refractivity contribution in [3.63, 3.8) is 0 Å². The molecule has 14 heavy (non-hydrogen) atoms. The van der Waals surface area contributed by atoms with Crippen LogP contribution in [0.2, 0.25) is 0 Å². The van der Waals surface area contributed by atoms with Crippen molar-refractivity contribution in [1.82, 2.24) is 0 Å². The number of benzene rings is 1.